The Kier molecular flexibility index (Phi) is 5.88. The predicted octanol–water partition coefficient (Wildman–Crippen LogP) is 0.951. The molecule has 9 heteroatoms. The first kappa shape index (κ1) is 16.1. The van der Waals surface area contributed by atoms with Gasteiger partial charge in [0.15, 0.2) is 0 Å². The first-order chi connectivity index (χ1) is 10.1. The summed E-state index contributed by atoms with van der Waals surface area (Å²) >= 11 is 1.39. The molecule has 0 fully saturated rings. The molecule has 7 nitrogen and oxygen atoms in total. The second-order valence-corrected chi connectivity index (χ2v) is 6.85. The van der Waals surface area contributed by atoms with E-state index in [2.05, 4.69) is 15.0 Å². The summed E-state index contributed by atoms with van der Waals surface area (Å²) in [6.45, 7) is 1.91. The van der Waals surface area contributed by atoms with Crippen LogP contribution >= 0.6 is 11.3 Å². The molecular formula is C12H17N3O4S2. The summed E-state index contributed by atoms with van der Waals surface area (Å²) in [6, 6.07) is 3.09. The first-order valence-electron chi connectivity index (χ1n) is 6.27. The topological polar surface area (TPSA) is 93.5 Å². The largest absolute Gasteiger partial charge is 0.447 e. The number of furan rings is 1. The smallest absolute Gasteiger partial charge is 0.274 e. The standard InChI is InChI=1S/C12H17N3O4S2/c1-18-5-4-13-6-10-2-3-12(19-10)21(16,17)15-8-11-7-14-9-20-11/h2-3,7,9,13,15H,4-6,8H2,1H3. The Morgan fingerprint density at radius 2 is 2.24 bits per heavy atom. The minimum atomic E-state index is -3.64. The van der Waals surface area contributed by atoms with Crippen molar-refractivity contribution in [2.75, 3.05) is 20.3 Å². The number of nitrogens with zero attached hydrogens (tertiary/aromatic N) is 1. The van der Waals surface area contributed by atoms with Crippen LogP contribution in [0, 0.1) is 0 Å². The lowest BCUT2D eigenvalue weighted by Crippen LogP contribution is -2.22. The third-order valence-electron chi connectivity index (χ3n) is 2.60. The van der Waals surface area contributed by atoms with Gasteiger partial charge in [-0.15, -0.1) is 11.3 Å². The second kappa shape index (κ2) is 7.66. The van der Waals surface area contributed by atoms with E-state index in [1.54, 1.807) is 24.9 Å². The van der Waals surface area contributed by atoms with Gasteiger partial charge in [0.25, 0.3) is 10.0 Å². The Balaban J connectivity index is 1.89. The molecule has 2 N–H and O–H groups in total. The van der Waals surface area contributed by atoms with Gasteiger partial charge in [-0.2, -0.15) is 0 Å². The number of ether oxygens (including phenoxy) is 1. The van der Waals surface area contributed by atoms with Gasteiger partial charge < -0.3 is 14.5 Å². The Morgan fingerprint density at radius 3 is 2.95 bits per heavy atom. The van der Waals surface area contributed by atoms with E-state index < -0.39 is 10.0 Å². The zero-order valence-electron chi connectivity index (χ0n) is 11.5. The molecule has 0 aliphatic rings. The number of thiazole rings is 1. The molecule has 0 saturated heterocycles. The van der Waals surface area contributed by atoms with Gasteiger partial charge in [-0.25, -0.2) is 13.1 Å². The van der Waals surface area contributed by atoms with Crippen LogP contribution in [0.25, 0.3) is 0 Å². The number of rotatable bonds is 9. The summed E-state index contributed by atoms with van der Waals surface area (Å²) in [5.74, 6) is 0.560. The lowest BCUT2D eigenvalue weighted by molar-refractivity contribution is 0.198. The molecule has 0 bridgehead atoms. The molecule has 0 amide bonds. The predicted molar refractivity (Wildman–Crippen MR) is 78.4 cm³/mol. The van der Waals surface area contributed by atoms with Crippen molar-refractivity contribution >= 4 is 21.4 Å². The van der Waals surface area contributed by atoms with Crippen LogP contribution in [-0.2, 0) is 27.8 Å². The zero-order chi connectivity index (χ0) is 15.1. The fourth-order valence-electron chi connectivity index (χ4n) is 1.55. The summed E-state index contributed by atoms with van der Waals surface area (Å²) in [7, 11) is -2.02. The zero-order valence-corrected chi connectivity index (χ0v) is 13.2. The maximum atomic E-state index is 12.1. The number of aromatic nitrogens is 1. The van der Waals surface area contributed by atoms with E-state index >= 15 is 0 Å². The summed E-state index contributed by atoms with van der Waals surface area (Å²) in [5.41, 5.74) is 1.65. The van der Waals surface area contributed by atoms with Crippen molar-refractivity contribution < 1.29 is 17.6 Å². The van der Waals surface area contributed by atoms with Crippen molar-refractivity contribution in [3.8, 4) is 0 Å². The first-order valence-corrected chi connectivity index (χ1v) is 8.63. The molecule has 2 rings (SSSR count). The van der Waals surface area contributed by atoms with Gasteiger partial charge in [0.2, 0.25) is 5.09 Å². The number of sulfonamides is 1. The van der Waals surface area contributed by atoms with Crippen LogP contribution in [0.1, 0.15) is 10.6 Å². The van der Waals surface area contributed by atoms with Gasteiger partial charge >= 0.3 is 0 Å². The normalized spacial score (nSPS) is 11.9. The van der Waals surface area contributed by atoms with Crippen molar-refractivity contribution in [3.05, 3.63) is 34.5 Å². The Morgan fingerprint density at radius 1 is 1.38 bits per heavy atom. The SMILES string of the molecule is COCCNCc1ccc(S(=O)(=O)NCc2cncs2)o1. The van der Waals surface area contributed by atoms with Crippen LogP contribution in [0.3, 0.4) is 0 Å². The summed E-state index contributed by atoms with van der Waals surface area (Å²) in [5, 5.41) is 2.99. The Bertz CT molecular complexity index is 637. The van der Waals surface area contributed by atoms with E-state index in [-0.39, 0.29) is 11.6 Å². The average molecular weight is 331 g/mol. The molecule has 2 aromatic rings. The van der Waals surface area contributed by atoms with Crippen LogP contribution < -0.4 is 10.0 Å². The van der Waals surface area contributed by atoms with E-state index in [9.17, 15) is 8.42 Å². The van der Waals surface area contributed by atoms with Crippen molar-refractivity contribution in [1.82, 2.24) is 15.0 Å². The van der Waals surface area contributed by atoms with Gasteiger partial charge in [0.1, 0.15) is 5.76 Å². The maximum Gasteiger partial charge on any atom is 0.274 e. The summed E-state index contributed by atoms with van der Waals surface area (Å²) < 4.78 is 36.8. The van der Waals surface area contributed by atoms with Gasteiger partial charge in [-0.05, 0) is 12.1 Å². The van der Waals surface area contributed by atoms with Crippen molar-refractivity contribution in [2.45, 2.75) is 18.2 Å². The third-order valence-corrected chi connectivity index (χ3v) is 4.66. The summed E-state index contributed by atoms with van der Waals surface area (Å²) in [4.78, 5) is 4.73. The maximum absolute atomic E-state index is 12.1. The molecule has 21 heavy (non-hydrogen) atoms. The van der Waals surface area contributed by atoms with E-state index in [4.69, 9.17) is 9.15 Å². The summed E-state index contributed by atoms with van der Waals surface area (Å²) in [6.07, 6.45) is 1.63. The number of hydrogen-bond donors (Lipinski definition) is 2. The Labute approximate surface area is 127 Å². The highest BCUT2D eigenvalue weighted by Gasteiger charge is 2.18. The van der Waals surface area contributed by atoms with Gasteiger partial charge in [0.05, 0.1) is 18.7 Å². The molecule has 0 atom stereocenters. The van der Waals surface area contributed by atoms with Crippen LogP contribution in [-0.4, -0.2) is 33.7 Å². The highest BCUT2D eigenvalue weighted by molar-refractivity contribution is 7.89. The van der Waals surface area contributed by atoms with Crippen LogP contribution in [0.2, 0.25) is 0 Å². The molecule has 0 aromatic carbocycles. The van der Waals surface area contributed by atoms with E-state index in [0.717, 1.165) is 4.88 Å². The lowest BCUT2D eigenvalue weighted by atomic mass is 10.4. The van der Waals surface area contributed by atoms with E-state index in [1.807, 2.05) is 0 Å². The molecule has 0 unspecified atom stereocenters. The third kappa shape index (κ3) is 4.90. The number of hydrogen-bond acceptors (Lipinski definition) is 7. The van der Waals surface area contributed by atoms with E-state index in [0.29, 0.717) is 25.5 Å². The highest BCUT2D eigenvalue weighted by Crippen LogP contribution is 2.15. The van der Waals surface area contributed by atoms with Gasteiger partial charge in [-0.3, -0.25) is 4.98 Å². The quantitative estimate of drug-likeness (QED) is 0.665. The highest BCUT2D eigenvalue weighted by atomic mass is 32.2. The second-order valence-electron chi connectivity index (χ2n) is 4.18. The average Bonchev–Trinajstić information content (AvgIpc) is 3.13. The fraction of sp³-hybridized carbons (Fsp3) is 0.417. The molecular weight excluding hydrogens is 314 g/mol. The monoisotopic (exact) mass is 331 g/mol. The molecule has 0 aliphatic heterocycles. The minimum Gasteiger partial charge on any atom is -0.447 e. The van der Waals surface area contributed by atoms with Gasteiger partial charge in [0, 0.05) is 31.3 Å². The molecule has 0 spiro atoms. The molecule has 2 aromatic heterocycles. The Hall–Kier alpha value is -1.26. The molecule has 0 radical (unpaired) electrons. The van der Waals surface area contributed by atoms with Crippen molar-refractivity contribution in [3.63, 3.8) is 0 Å². The van der Waals surface area contributed by atoms with Crippen LogP contribution in [0.15, 0.2) is 33.3 Å². The number of nitrogens with one attached hydrogen (secondary N) is 2. The molecule has 0 aliphatic carbocycles. The molecule has 0 saturated carbocycles. The van der Waals surface area contributed by atoms with Crippen LogP contribution in [0.4, 0.5) is 0 Å². The number of methoxy groups -OCH3 is 1. The van der Waals surface area contributed by atoms with Crippen LogP contribution in [0.5, 0.6) is 0 Å². The molecule has 116 valence electrons. The van der Waals surface area contributed by atoms with Crippen molar-refractivity contribution in [1.29, 1.82) is 0 Å². The molecule has 2 heterocycles. The fourth-order valence-corrected chi connectivity index (χ4v) is 3.13. The van der Waals surface area contributed by atoms with Gasteiger partial charge in [-0.1, -0.05) is 0 Å². The lowest BCUT2D eigenvalue weighted by Gasteiger charge is -2.03. The van der Waals surface area contributed by atoms with Crippen molar-refractivity contribution in [2.24, 2.45) is 0 Å². The van der Waals surface area contributed by atoms with E-state index in [1.165, 1.54) is 17.4 Å². The minimum absolute atomic E-state index is 0.0874.